The Morgan fingerprint density at radius 3 is 2.39 bits per heavy atom. The summed E-state index contributed by atoms with van der Waals surface area (Å²) in [6.45, 7) is 5.73. The number of benzene rings is 2. The fourth-order valence-electron chi connectivity index (χ4n) is 3.96. The Balaban J connectivity index is 1.70. The quantitative estimate of drug-likeness (QED) is 0.567. The largest absolute Gasteiger partial charge is 0.461 e. The van der Waals surface area contributed by atoms with Crippen molar-refractivity contribution in [2.24, 2.45) is 0 Å². The molecule has 0 radical (unpaired) electrons. The third-order valence-corrected chi connectivity index (χ3v) is 5.62. The maximum atomic E-state index is 12.8. The molecule has 2 heterocycles. The average Bonchev–Trinajstić information content (AvgIpc) is 3.25. The van der Waals surface area contributed by atoms with Gasteiger partial charge in [0, 0.05) is 24.2 Å². The number of amides is 1. The van der Waals surface area contributed by atoms with Crippen LogP contribution in [0.25, 0.3) is 16.9 Å². The molecule has 0 saturated carbocycles. The zero-order valence-corrected chi connectivity index (χ0v) is 18.0. The zero-order valence-electron chi connectivity index (χ0n) is 18.0. The average molecular weight is 418 g/mol. The van der Waals surface area contributed by atoms with Gasteiger partial charge in [0.25, 0.3) is 5.91 Å². The molecule has 31 heavy (non-hydrogen) atoms. The van der Waals surface area contributed by atoms with Crippen LogP contribution in [-0.4, -0.2) is 46.3 Å². The number of aromatic nitrogens is 2. The highest BCUT2D eigenvalue weighted by Crippen LogP contribution is 2.27. The summed E-state index contributed by atoms with van der Waals surface area (Å²) < 4.78 is 6.89. The van der Waals surface area contributed by atoms with E-state index in [1.807, 2.05) is 60.4 Å². The second-order valence-electron chi connectivity index (χ2n) is 7.76. The monoisotopic (exact) mass is 417 g/mol. The van der Waals surface area contributed by atoms with Gasteiger partial charge in [-0.15, -0.1) is 0 Å². The number of ether oxygens (including phenoxy) is 1. The number of nitrogens with zero attached hydrogens (tertiary/aromatic N) is 3. The van der Waals surface area contributed by atoms with E-state index in [2.05, 4.69) is 5.10 Å². The second kappa shape index (κ2) is 9.16. The summed E-state index contributed by atoms with van der Waals surface area (Å²) in [5, 5.41) is 4.53. The number of carbonyl (C=O) groups excluding carboxylic acids is 2. The number of hydrogen-bond acceptors (Lipinski definition) is 4. The van der Waals surface area contributed by atoms with Crippen LogP contribution in [0.1, 0.15) is 52.6 Å². The van der Waals surface area contributed by atoms with Crippen LogP contribution in [0.15, 0.2) is 54.6 Å². The Labute approximate surface area is 182 Å². The van der Waals surface area contributed by atoms with Gasteiger partial charge in [-0.05, 0) is 69.0 Å². The molecule has 1 amide bonds. The van der Waals surface area contributed by atoms with Crippen molar-refractivity contribution in [1.29, 1.82) is 0 Å². The van der Waals surface area contributed by atoms with E-state index in [0.717, 1.165) is 48.4 Å². The normalized spacial score (nSPS) is 13.8. The predicted molar refractivity (Wildman–Crippen MR) is 119 cm³/mol. The molecule has 0 N–H and O–H groups in total. The molecule has 0 bridgehead atoms. The van der Waals surface area contributed by atoms with Gasteiger partial charge in [0.1, 0.15) is 0 Å². The topological polar surface area (TPSA) is 64.4 Å². The molecule has 160 valence electrons. The van der Waals surface area contributed by atoms with Crippen molar-refractivity contribution >= 4 is 11.9 Å². The van der Waals surface area contributed by atoms with Gasteiger partial charge in [0.2, 0.25) is 0 Å². The minimum Gasteiger partial charge on any atom is -0.461 e. The minimum absolute atomic E-state index is 0.0676. The number of piperidine rings is 1. The molecule has 1 aromatic heterocycles. The molecule has 0 atom stereocenters. The first-order valence-corrected chi connectivity index (χ1v) is 10.8. The molecular weight excluding hydrogens is 390 g/mol. The Kier molecular flexibility index (Phi) is 6.16. The zero-order chi connectivity index (χ0) is 21.8. The van der Waals surface area contributed by atoms with Crippen LogP contribution in [-0.2, 0) is 4.74 Å². The van der Waals surface area contributed by atoms with E-state index >= 15 is 0 Å². The molecule has 1 aliphatic heterocycles. The van der Waals surface area contributed by atoms with Crippen LogP contribution in [0.3, 0.4) is 0 Å². The highest BCUT2D eigenvalue weighted by molar-refractivity contribution is 5.94. The van der Waals surface area contributed by atoms with E-state index in [0.29, 0.717) is 12.2 Å². The van der Waals surface area contributed by atoms with Crippen LogP contribution in [0.2, 0.25) is 0 Å². The van der Waals surface area contributed by atoms with Crippen molar-refractivity contribution in [3.8, 4) is 16.9 Å². The molecule has 1 aliphatic rings. The van der Waals surface area contributed by atoms with Crippen LogP contribution in [0.5, 0.6) is 0 Å². The Hall–Kier alpha value is -3.41. The first-order chi connectivity index (χ1) is 15.1. The van der Waals surface area contributed by atoms with E-state index in [1.165, 1.54) is 6.42 Å². The third kappa shape index (κ3) is 4.38. The lowest BCUT2D eigenvalue weighted by Gasteiger charge is -2.26. The van der Waals surface area contributed by atoms with Crippen LogP contribution >= 0.6 is 0 Å². The fourth-order valence-corrected chi connectivity index (χ4v) is 3.96. The number of carbonyl (C=O) groups is 2. The van der Waals surface area contributed by atoms with Crippen molar-refractivity contribution in [3.63, 3.8) is 0 Å². The van der Waals surface area contributed by atoms with E-state index in [9.17, 15) is 9.59 Å². The second-order valence-corrected chi connectivity index (χ2v) is 7.76. The summed E-state index contributed by atoms with van der Waals surface area (Å²) in [5.74, 6) is -0.383. The van der Waals surface area contributed by atoms with E-state index in [-0.39, 0.29) is 11.6 Å². The van der Waals surface area contributed by atoms with Gasteiger partial charge in [-0.2, -0.15) is 5.10 Å². The standard InChI is InChI=1S/C25H27N3O3/c1-3-31-25(30)22-17-23(21-10-6-5-9-18(21)2)28(26-22)20-13-11-19(12-14-20)24(29)27-15-7-4-8-16-27/h5-6,9-14,17H,3-4,7-8,15-16H2,1-2H3. The highest BCUT2D eigenvalue weighted by Gasteiger charge is 2.20. The summed E-state index contributed by atoms with van der Waals surface area (Å²) in [7, 11) is 0. The molecule has 4 rings (SSSR count). The van der Waals surface area contributed by atoms with Crippen molar-refractivity contribution in [1.82, 2.24) is 14.7 Å². The summed E-state index contributed by atoms with van der Waals surface area (Å²) in [5.41, 5.74) is 4.57. The van der Waals surface area contributed by atoms with E-state index < -0.39 is 5.97 Å². The predicted octanol–water partition coefficient (Wildman–Crippen LogP) is 4.65. The molecule has 1 fully saturated rings. The summed E-state index contributed by atoms with van der Waals surface area (Å²) in [6, 6.07) is 17.1. The third-order valence-electron chi connectivity index (χ3n) is 5.62. The van der Waals surface area contributed by atoms with Crippen molar-refractivity contribution < 1.29 is 14.3 Å². The van der Waals surface area contributed by atoms with Gasteiger partial charge in [-0.25, -0.2) is 9.48 Å². The molecular formula is C25H27N3O3. The van der Waals surface area contributed by atoms with Gasteiger partial charge in [-0.3, -0.25) is 4.79 Å². The molecule has 0 aliphatic carbocycles. The highest BCUT2D eigenvalue weighted by atomic mass is 16.5. The van der Waals surface area contributed by atoms with Crippen molar-refractivity contribution in [3.05, 3.63) is 71.4 Å². The molecule has 2 aromatic carbocycles. The smallest absolute Gasteiger partial charge is 0.358 e. The van der Waals surface area contributed by atoms with Gasteiger partial charge in [0.15, 0.2) is 5.69 Å². The lowest BCUT2D eigenvalue weighted by Crippen LogP contribution is -2.35. The first-order valence-electron chi connectivity index (χ1n) is 10.8. The van der Waals surface area contributed by atoms with Crippen LogP contribution < -0.4 is 0 Å². The molecule has 0 unspecified atom stereocenters. The molecule has 3 aromatic rings. The van der Waals surface area contributed by atoms with Crippen LogP contribution in [0, 0.1) is 6.92 Å². The Morgan fingerprint density at radius 1 is 1.00 bits per heavy atom. The Morgan fingerprint density at radius 2 is 1.71 bits per heavy atom. The van der Waals surface area contributed by atoms with Gasteiger partial charge in [-0.1, -0.05) is 24.3 Å². The number of aryl methyl sites for hydroxylation is 1. The van der Waals surface area contributed by atoms with Gasteiger partial charge < -0.3 is 9.64 Å². The van der Waals surface area contributed by atoms with E-state index in [1.54, 1.807) is 17.7 Å². The van der Waals surface area contributed by atoms with Gasteiger partial charge in [0.05, 0.1) is 18.0 Å². The van der Waals surface area contributed by atoms with Gasteiger partial charge >= 0.3 is 5.97 Å². The number of rotatable bonds is 5. The van der Waals surface area contributed by atoms with Crippen LogP contribution in [0.4, 0.5) is 0 Å². The van der Waals surface area contributed by atoms with E-state index in [4.69, 9.17) is 4.74 Å². The molecule has 0 spiro atoms. The molecule has 6 heteroatoms. The summed E-state index contributed by atoms with van der Waals surface area (Å²) in [4.78, 5) is 27.0. The summed E-state index contributed by atoms with van der Waals surface area (Å²) in [6.07, 6.45) is 3.31. The minimum atomic E-state index is -0.451. The molecule has 6 nitrogen and oxygen atoms in total. The maximum Gasteiger partial charge on any atom is 0.358 e. The summed E-state index contributed by atoms with van der Waals surface area (Å²) >= 11 is 0. The lowest BCUT2D eigenvalue weighted by molar-refractivity contribution is 0.0518. The number of likely N-dealkylation sites (tertiary alicyclic amines) is 1. The number of hydrogen-bond donors (Lipinski definition) is 0. The first kappa shape index (κ1) is 20.8. The Bertz CT molecular complexity index is 1080. The lowest BCUT2D eigenvalue weighted by atomic mass is 10.1. The SMILES string of the molecule is CCOC(=O)c1cc(-c2ccccc2C)n(-c2ccc(C(=O)N3CCCCC3)cc2)n1. The van der Waals surface area contributed by atoms with Crippen molar-refractivity contribution in [2.75, 3.05) is 19.7 Å². The maximum absolute atomic E-state index is 12.8. The molecule has 1 saturated heterocycles. The number of esters is 1. The van der Waals surface area contributed by atoms with Crippen molar-refractivity contribution in [2.45, 2.75) is 33.1 Å². The fraction of sp³-hybridized carbons (Fsp3) is 0.320.